The molecule has 3 heteroatoms. The van der Waals surface area contributed by atoms with Gasteiger partial charge in [0.1, 0.15) is 0 Å². The topological polar surface area (TPSA) is 31.2 Å². The van der Waals surface area contributed by atoms with Crippen molar-refractivity contribution in [3.63, 3.8) is 0 Å². The van der Waals surface area contributed by atoms with E-state index in [0.29, 0.717) is 0 Å². The molecular formula is C17H23NO2. The molecule has 0 fully saturated rings. The number of aryl methyl sites for hydroxylation is 1. The van der Waals surface area contributed by atoms with E-state index in [4.69, 9.17) is 4.74 Å². The van der Waals surface area contributed by atoms with Crippen molar-refractivity contribution in [1.82, 2.24) is 4.57 Å². The predicted molar refractivity (Wildman–Crippen MR) is 81.6 cm³/mol. The fraction of sp³-hybridized carbons (Fsp3) is 0.471. The van der Waals surface area contributed by atoms with E-state index in [2.05, 4.69) is 36.6 Å². The van der Waals surface area contributed by atoms with Crippen LogP contribution in [0.2, 0.25) is 0 Å². The van der Waals surface area contributed by atoms with Crippen molar-refractivity contribution in [3.05, 3.63) is 36.0 Å². The smallest absolute Gasteiger partial charge is 0.304 e. The highest BCUT2D eigenvalue weighted by atomic mass is 16.6. The van der Waals surface area contributed by atoms with Crippen molar-refractivity contribution in [2.45, 2.75) is 52.7 Å². The van der Waals surface area contributed by atoms with Crippen LogP contribution in [0.3, 0.4) is 0 Å². The van der Waals surface area contributed by atoms with Crippen molar-refractivity contribution < 1.29 is 9.53 Å². The van der Waals surface area contributed by atoms with Gasteiger partial charge in [0.25, 0.3) is 0 Å². The maximum Gasteiger partial charge on any atom is 0.304 e. The number of unbranched alkanes of at least 4 members (excludes halogenated alkanes) is 2. The number of para-hydroxylation sites is 1. The molecule has 0 aliphatic heterocycles. The van der Waals surface area contributed by atoms with E-state index >= 15 is 0 Å². The molecule has 0 amide bonds. The number of nitrogens with zero attached hydrogens (tertiary/aromatic N) is 1. The summed E-state index contributed by atoms with van der Waals surface area (Å²) >= 11 is 0. The van der Waals surface area contributed by atoms with Gasteiger partial charge < -0.3 is 9.30 Å². The Bertz CT molecular complexity index is 586. The van der Waals surface area contributed by atoms with Gasteiger partial charge in [0.2, 0.25) is 0 Å². The molecule has 2 rings (SSSR count). The summed E-state index contributed by atoms with van der Waals surface area (Å²) in [7, 11) is 0. The number of esters is 1. The Kier molecular flexibility index (Phi) is 4.83. The summed E-state index contributed by atoms with van der Waals surface area (Å²) in [5, 5.41) is 1.19. The van der Waals surface area contributed by atoms with E-state index in [1.807, 2.05) is 12.1 Å². The molecule has 1 atom stereocenters. The second-order valence-electron chi connectivity index (χ2n) is 5.27. The quantitative estimate of drug-likeness (QED) is 0.569. The zero-order valence-electron chi connectivity index (χ0n) is 12.6. The Labute approximate surface area is 120 Å². The molecule has 0 spiro atoms. The fourth-order valence-corrected chi connectivity index (χ4v) is 2.70. The Balaban J connectivity index is 2.34. The highest BCUT2D eigenvalue weighted by Crippen LogP contribution is 2.27. The summed E-state index contributed by atoms with van der Waals surface area (Å²) in [6.07, 6.45) is 4.07. The Morgan fingerprint density at radius 1 is 1.30 bits per heavy atom. The van der Waals surface area contributed by atoms with Gasteiger partial charge in [-0.05, 0) is 30.9 Å². The molecule has 0 aliphatic carbocycles. The molecule has 0 saturated heterocycles. The minimum absolute atomic E-state index is 0.195. The van der Waals surface area contributed by atoms with Crippen LogP contribution in [0, 0.1) is 6.92 Å². The van der Waals surface area contributed by atoms with Crippen molar-refractivity contribution in [3.8, 4) is 0 Å². The largest absolute Gasteiger partial charge is 0.441 e. The molecule has 0 radical (unpaired) electrons. The average molecular weight is 273 g/mol. The molecule has 1 heterocycles. The van der Waals surface area contributed by atoms with E-state index in [1.54, 1.807) is 0 Å². The molecule has 2 aromatic rings. The van der Waals surface area contributed by atoms with Crippen LogP contribution in [0.5, 0.6) is 0 Å². The minimum atomic E-state index is -0.219. The number of carbonyl (C=O) groups is 1. The predicted octanol–water partition coefficient (Wildman–Crippen LogP) is 4.59. The maximum absolute atomic E-state index is 11.4. The standard InChI is InChI=1S/C17H23NO2/c1-4-5-6-11-17(20-14(3)19)18-13(2)12-15-9-7-8-10-16(15)18/h7-10,12,17H,4-6,11H2,1-3H3. The monoisotopic (exact) mass is 273 g/mol. The highest BCUT2D eigenvalue weighted by Gasteiger charge is 2.18. The number of aromatic nitrogens is 1. The van der Waals surface area contributed by atoms with E-state index in [9.17, 15) is 4.79 Å². The van der Waals surface area contributed by atoms with Gasteiger partial charge >= 0.3 is 5.97 Å². The van der Waals surface area contributed by atoms with Crippen LogP contribution in [0.15, 0.2) is 30.3 Å². The van der Waals surface area contributed by atoms with Gasteiger partial charge in [0, 0.05) is 19.0 Å². The second-order valence-corrected chi connectivity index (χ2v) is 5.27. The molecule has 0 bridgehead atoms. The van der Waals surface area contributed by atoms with Crippen LogP contribution in [-0.4, -0.2) is 10.5 Å². The van der Waals surface area contributed by atoms with E-state index in [1.165, 1.54) is 12.3 Å². The highest BCUT2D eigenvalue weighted by molar-refractivity contribution is 5.81. The first-order valence-electron chi connectivity index (χ1n) is 7.37. The molecule has 1 unspecified atom stereocenters. The number of hydrogen-bond acceptors (Lipinski definition) is 2. The molecular weight excluding hydrogens is 250 g/mol. The van der Waals surface area contributed by atoms with Crippen LogP contribution in [0.4, 0.5) is 0 Å². The number of ether oxygens (including phenoxy) is 1. The van der Waals surface area contributed by atoms with Gasteiger partial charge in [-0.25, -0.2) is 0 Å². The first-order valence-corrected chi connectivity index (χ1v) is 7.37. The lowest BCUT2D eigenvalue weighted by Gasteiger charge is -2.21. The Morgan fingerprint density at radius 2 is 2.05 bits per heavy atom. The molecule has 3 nitrogen and oxygen atoms in total. The molecule has 108 valence electrons. The summed E-state index contributed by atoms with van der Waals surface area (Å²) in [6, 6.07) is 10.4. The van der Waals surface area contributed by atoms with Crippen LogP contribution < -0.4 is 0 Å². The fourth-order valence-electron chi connectivity index (χ4n) is 2.70. The number of fused-ring (bicyclic) bond motifs is 1. The van der Waals surface area contributed by atoms with Crippen LogP contribution in [0.25, 0.3) is 10.9 Å². The third-order valence-corrected chi connectivity index (χ3v) is 3.59. The zero-order valence-corrected chi connectivity index (χ0v) is 12.6. The van der Waals surface area contributed by atoms with Gasteiger partial charge in [-0.1, -0.05) is 38.0 Å². The normalized spacial score (nSPS) is 12.6. The van der Waals surface area contributed by atoms with Crippen molar-refractivity contribution in [1.29, 1.82) is 0 Å². The summed E-state index contributed by atoms with van der Waals surface area (Å²) in [5.74, 6) is -0.219. The van der Waals surface area contributed by atoms with Crippen molar-refractivity contribution in [2.75, 3.05) is 0 Å². The molecule has 0 N–H and O–H groups in total. The maximum atomic E-state index is 11.4. The van der Waals surface area contributed by atoms with Gasteiger partial charge in [0.15, 0.2) is 6.23 Å². The average Bonchev–Trinajstić information content (AvgIpc) is 2.73. The SMILES string of the molecule is CCCCCC(OC(C)=O)n1c(C)cc2ccccc21. The second kappa shape index (κ2) is 6.60. The summed E-state index contributed by atoms with van der Waals surface area (Å²) in [6.45, 7) is 5.72. The van der Waals surface area contributed by atoms with Gasteiger partial charge in [-0.15, -0.1) is 0 Å². The number of carbonyl (C=O) groups excluding carboxylic acids is 1. The molecule has 1 aromatic heterocycles. The third kappa shape index (κ3) is 3.21. The van der Waals surface area contributed by atoms with Gasteiger partial charge in [-0.2, -0.15) is 0 Å². The van der Waals surface area contributed by atoms with Crippen molar-refractivity contribution in [2.24, 2.45) is 0 Å². The molecule has 1 aromatic carbocycles. The van der Waals surface area contributed by atoms with E-state index < -0.39 is 0 Å². The van der Waals surface area contributed by atoms with Crippen molar-refractivity contribution >= 4 is 16.9 Å². The van der Waals surface area contributed by atoms with Crippen LogP contribution in [0.1, 0.15) is 51.5 Å². The van der Waals surface area contributed by atoms with E-state index in [-0.39, 0.29) is 12.2 Å². The van der Waals surface area contributed by atoms with Crippen LogP contribution >= 0.6 is 0 Å². The number of benzene rings is 1. The van der Waals surface area contributed by atoms with E-state index in [0.717, 1.165) is 36.9 Å². The first-order chi connectivity index (χ1) is 9.63. The Morgan fingerprint density at radius 3 is 2.75 bits per heavy atom. The first kappa shape index (κ1) is 14.6. The molecule has 0 aliphatic rings. The zero-order chi connectivity index (χ0) is 14.5. The van der Waals surface area contributed by atoms with Gasteiger partial charge in [-0.3, -0.25) is 4.79 Å². The molecule has 0 saturated carbocycles. The van der Waals surface area contributed by atoms with Crippen LogP contribution in [-0.2, 0) is 9.53 Å². The lowest BCUT2D eigenvalue weighted by Crippen LogP contribution is -2.16. The minimum Gasteiger partial charge on any atom is -0.441 e. The molecule has 20 heavy (non-hydrogen) atoms. The summed E-state index contributed by atoms with van der Waals surface area (Å²) < 4.78 is 7.70. The number of hydrogen-bond donors (Lipinski definition) is 0. The summed E-state index contributed by atoms with van der Waals surface area (Å²) in [5.41, 5.74) is 2.27. The number of rotatable bonds is 6. The Hall–Kier alpha value is -1.77. The lowest BCUT2D eigenvalue weighted by molar-refractivity contribution is -0.151. The third-order valence-electron chi connectivity index (χ3n) is 3.59. The van der Waals surface area contributed by atoms with Gasteiger partial charge in [0.05, 0.1) is 5.52 Å². The lowest BCUT2D eigenvalue weighted by atomic mass is 10.2. The summed E-state index contributed by atoms with van der Waals surface area (Å²) in [4.78, 5) is 11.4.